The summed E-state index contributed by atoms with van der Waals surface area (Å²) in [7, 11) is 1.68. The fraction of sp³-hybridized carbons (Fsp3) is 0.480. The number of nitrogens with zero attached hydrogens (tertiary/aromatic N) is 3. The van der Waals surface area contributed by atoms with Crippen molar-refractivity contribution >= 4 is 11.6 Å². The highest BCUT2D eigenvalue weighted by Crippen LogP contribution is 2.22. The van der Waals surface area contributed by atoms with Crippen molar-refractivity contribution in [2.45, 2.75) is 26.3 Å². The standard InChI is InChI=1S/C25H33N3O2/c1-20-4-3-13-26(18-20)19-21-5-7-22(8-6-21)25(29)28-16-14-27(15-17-28)23-9-11-24(30-2)12-10-23/h5-12,20H,3-4,13-19H2,1-2H3/t20-/m0/s1. The van der Waals surface area contributed by atoms with E-state index in [1.165, 1.54) is 37.2 Å². The number of rotatable bonds is 5. The Kier molecular flexibility index (Phi) is 6.58. The van der Waals surface area contributed by atoms with E-state index in [9.17, 15) is 4.79 Å². The van der Waals surface area contributed by atoms with Crippen LogP contribution < -0.4 is 9.64 Å². The van der Waals surface area contributed by atoms with E-state index in [0.29, 0.717) is 0 Å². The van der Waals surface area contributed by atoms with Gasteiger partial charge >= 0.3 is 0 Å². The third-order valence-electron chi connectivity index (χ3n) is 6.35. The van der Waals surface area contributed by atoms with Crippen LogP contribution in [0.3, 0.4) is 0 Å². The summed E-state index contributed by atoms with van der Waals surface area (Å²) >= 11 is 0. The largest absolute Gasteiger partial charge is 0.497 e. The Balaban J connectivity index is 1.30. The van der Waals surface area contributed by atoms with Crippen molar-refractivity contribution in [1.82, 2.24) is 9.80 Å². The topological polar surface area (TPSA) is 36.0 Å². The maximum Gasteiger partial charge on any atom is 0.253 e. The number of piperidine rings is 1. The lowest BCUT2D eigenvalue weighted by Crippen LogP contribution is -2.48. The Bertz CT molecular complexity index is 826. The Labute approximate surface area is 180 Å². The van der Waals surface area contributed by atoms with Crippen molar-refractivity contribution in [1.29, 1.82) is 0 Å². The van der Waals surface area contributed by atoms with Gasteiger partial charge in [-0.25, -0.2) is 0 Å². The number of carbonyl (C=O) groups excluding carboxylic acids is 1. The first-order valence-corrected chi connectivity index (χ1v) is 11.1. The molecule has 2 aromatic rings. The average Bonchev–Trinajstić information content (AvgIpc) is 2.79. The smallest absolute Gasteiger partial charge is 0.253 e. The van der Waals surface area contributed by atoms with Gasteiger partial charge in [0, 0.05) is 50.5 Å². The lowest BCUT2D eigenvalue weighted by Gasteiger charge is -2.36. The molecule has 30 heavy (non-hydrogen) atoms. The summed E-state index contributed by atoms with van der Waals surface area (Å²) in [4.78, 5) is 19.8. The van der Waals surface area contributed by atoms with E-state index >= 15 is 0 Å². The van der Waals surface area contributed by atoms with Crippen LogP contribution in [0, 0.1) is 5.92 Å². The first kappa shape index (κ1) is 20.7. The molecule has 2 saturated heterocycles. The molecule has 2 fully saturated rings. The van der Waals surface area contributed by atoms with Crippen molar-refractivity contribution < 1.29 is 9.53 Å². The molecule has 1 amide bonds. The molecule has 0 radical (unpaired) electrons. The van der Waals surface area contributed by atoms with Gasteiger partial charge in [-0.3, -0.25) is 9.69 Å². The quantitative estimate of drug-likeness (QED) is 0.753. The molecule has 4 rings (SSSR count). The van der Waals surface area contributed by atoms with E-state index in [0.717, 1.165) is 50.0 Å². The monoisotopic (exact) mass is 407 g/mol. The van der Waals surface area contributed by atoms with Crippen LogP contribution in [0.15, 0.2) is 48.5 Å². The van der Waals surface area contributed by atoms with Gasteiger partial charge in [-0.2, -0.15) is 0 Å². The van der Waals surface area contributed by atoms with Gasteiger partial charge in [-0.1, -0.05) is 19.1 Å². The minimum absolute atomic E-state index is 0.141. The number of hydrogen-bond donors (Lipinski definition) is 0. The van der Waals surface area contributed by atoms with E-state index in [4.69, 9.17) is 4.74 Å². The number of methoxy groups -OCH3 is 1. The molecule has 0 spiro atoms. The van der Waals surface area contributed by atoms with Crippen LogP contribution in [0.5, 0.6) is 5.75 Å². The van der Waals surface area contributed by atoms with Crippen LogP contribution in [-0.2, 0) is 6.54 Å². The second-order valence-corrected chi connectivity index (χ2v) is 8.66. The first-order chi connectivity index (χ1) is 14.6. The van der Waals surface area contributed by atoms with Crippen molar-refractivity contribution in [3.8, 4) is 5.75 Å². The molecule has 2 aromatic carbocycles. The lowest BCUT2D eigenvalue weighted by molar-refractivity contribution is 0.0747. The van der Waals surface area contributed by atoms with Crippen molar-refractivity contribution in [2.24, 2.45) is 5.92 Å². The van der Waals surface area contributed by atoms with E-state index < -0.39 is 0 Å². The number of likely N-dealkylation sites (tertiary alicyclic amines) is 1. The molecule has 2 aliphatic heterocycles. The van der Waals surface area contributed by atoms with Gasteiger partial charge in [0.1, 0.15) is 5.75 Å². The van der Waals surface area contributed by atoms with Gasteiger partial charge in [0.2, 0.25) is 0 Å². The maximum atomic E-state index is 13.0. The lowest BCUT2D eigenvalue weighted by atomic mass is 9.99. The molecular weight excluding hydrogens is 374 g/mol. The van der Waals surface area contributed by atoms with Crippen molar-refractivity contribution in [2.75, 3.05) is 51.3 Å². The van der Waals surface area contributed by atoms with E-state index in [1.807, 2.05) is 29.2 Å². The highest BCUT2D eigenvalue weighted by molar-refractivity contribution is 5.94. The molecule has 0 saturated carbocycles. The maximum absolute atomic E-state index is 13.0. The highest BCUT2D eigenvalue weighted by atomic mass is 16.5. The highest BCUT2D eigenvalue weighted by Gasteiger charge is 2.22. The van der Waals surface area contributed by atoms with E-state index in [2.05, 4.69) is 41.0 Å². The minimum Gasteiger partial charge on any atom is -0.497 e. The second-order valence-electron chi connectivity index (χ2n) is 8.66. The molecule has 0 bridgehead atoms. The Morgan fingerprint density at radius 1 is 0.967 bits per heavy atom. The van der Waals surface area contributed by atoms with Crippen molar-refractivity contribution in [3.63, 3.8) is 0 Å². The van der Waals surface area contributed by atoms with Crippen LogP contribution in [0.25, 0.3) is 0 Å². The molecule has 5 heteroatoms. The summed E-state index contributed by atoms with van der Waals surface area (Å²) < 4.78 is 5.24. The average molecular weight is 408 g/mol. The molecule has 0 N–H and O–H groups in total. The van der Waals surface area contributed by atoms with Gasteiger partial charge in [0.05, 0.1) is 7.11 Å². The van der Waals surface area contributed by atoms with Gasteiger partial charge in [-0.15, -0.1) is 0 Å². The van der Waals surface area contributed by atoms with Crippen molar-refractivity contribution in [3.05, 3.63) is 59.7 Å². The summed E-state index contributed by atoms with van der Waals surface area (Å²) in [5.74, 6) is 1.80. The summed E-state index contributed by atoms with van der Waals surface area (Å²) in [5, 5.41) is 0. The van der Waals surface area contributed by atoms with Crippen LogP contribution in [-0.4, -0.2) is 62.1 Å². The molecular formula is C25H33N3O2. The molecule has 0 unspecified atom stereocenters. The van der Waals surface area contributed by atoms with Crippen LogP contribution in [0.2, 0.25) is 0 Å². The molecule has 5 nitrogen and oxygen atoms in total. The summed E-state index contributed by atoms with van der Waals surface area (Å²) in [6.07, 6.45) is 2.63. The van der Waals surface area contributed by atoms with Gasteiger partial charge < -0.3 is 14.5 Å². The summed E-state index contributed by atoms with van der Waals surface area (Å²) in [6, 6.07) is 16.4. The fourth-order valence-corrected chi connectivity index (χ4v) is 4.58. The number of amides is 1. The molecule has 2 aliphatic rings. The number of carbonyl (C=O) groups is 1. The normalized spacial score (nSPS) is 20.3. The first-order valence-electron chi connectivity index (χ1n) is 11.1. The van der Waals surface area contributed by atoms with Gasteiger partial charge in [0.15, 0.2) is 0 Å². The van der Waals surface area contributed by atoms with Crippen LogP contribution in [0.1, 0.15) is 35.7 Å². The third kappa shape index (κ3) is 4.96. The second kappa shape index (κ2) is 9.52. The molecule has 2 heterocycles. The van der Waals surface area contributed by atoms with Crippen LogP contribution >= 0.6 is 0 Å². The molecule has 0 aromatic heterocycles. The molecule has 160 valence electrons. The Morgan fingerprint density at radius 2 is 1.67 bits per heavy atom. The summed E-state index contributed by atoms with van der Waals surface area (Å²) in [6.45, 7) is 8.88. The minimum atomic E-state index is 0.141. The summed E-state index contributed by atoms with van der Waals surface area (Å²) in [5.41, 5.74) is 3.27. The van der Waals surface area contributed by atoms with E-state index in [1.54, 1.807) is 7.11 Å². The number of benzene rings is 2. The SMILES string of the molecule is COc1ccc(N2CCN(C(=O)c3ccc(CN4CCC[C@H](C)C4)cc3)CC2)cc1. The zero-order valence-corrected chi connectivity index (χ0v) is 18.2. The Hall–Kier alpha value is -2.53. The number of hydrogen-bond acceptors (Lipinski definition) is 4. The predicted molar refractivity (Wildman–Crippen MR) is 121 cm³/mol. The number of piperazine rings is 1. The van der Waals surface area contributed by atoms with Crippen LogP contribution in [0.4, 0.5) is 5.69 Å². The Morgan fingerprint density at radius 3 is 2.30 bits per heavy atom. The molecule has 0 aliphatic carbocycles. The number of anilines is 1. The van der Waals surface area contributed by atoms with Gasteiger partial charge in [0.25, 0.3) is 5.91 Å². The molecule has 1 atom stereocenters. The third-order valence-corrected chi connectivity index (χ3v) is 6.35. The number of ether oxygens (including phenoxy) is 1. The zero-order valence-electron chi connectivity index (χ0n) is 18.2. The predicted octanol–water partition coefficient (Wildman–Crippen LogP) is 3.89. The zero-order chi connectivity index (χ0) is 20.9. The fourth-order valence-electron chi connectivity index (χ4n) is 4.58. The van der Waals surface area contributed by atoms with Gasteiger partial charge in [-0.05, 0) is 67.3 Å². The van der Waals surface area contributed by atoms with E-state index in [-0.39, 0.29) is 5.91 Å².